The Morgan fingerprint density at radius 1 is 1.09 bits per heavy atom. The van der Waals surface area contributed by atoms with E-state index in [0.717, 1.165) is 17.4 Å². The Bertz CT molecular complexity index is 775. The van der Waals surface area contributed by atoms with Gasteiger partial charge in [-0.25, -0.2) is 4.39 Å². The lowest BCUT2D eigenvalue weighted by molar-refractivity contribution is 0.0609. The van der Waals surface area contributed by atoms with Crippen molar-refractivity contribution >= 4 is 0 Å². The summed E-state index contributed by atoms with van der Waals surface area (Å²) in [6.45, 7) is 1.87. The molecule has 0 bridgehead atoms. The summed E-state index contributed by atoms with van der Waals surface area (Å²) in [7, 11) is 0. The van der Waals surface area contributed by atoms with Gasteiger partial charge in [-0.3, -0.25) is 14.2 Å². The van der Waals surface area contributed by atoms with E-state index in [0.29, 0.717) is 25.7 Å². The molecule has 0 atom stereocenters. The van der Waals surface area contributed by atoms with Gasteiger partial charge in [0, 0.05) is 32.2 Å². The lowest BCUT2D eigenvalue weighted by Gasteiger charge is -2.22. The van der Waals surface area contributed by atoms with Crippen LogP contribution in [-0.4, -0.2) is 22.3 Å². The molecule has 116 valence electrons. The first-order chi connectivity index (χ1) is 10.7. The van der Waals surface area contributed by atoms with Crippen LogP contribution in [-0.2, 0) is 11.3 Å². The lowest BCUT2D eigenvalue weighted by Crippen LogP contribution is -2.41. The number of hydrogen-bond acceptors (Lipinski definition) is 3. The van der Waals surface area contributed by atoms with Gasteiger partial charge in [0.1, 0.15) is 5.82 Å². The van der Waals surface area contributed by atoms with Crippen molar-refractivity contribution in [1.82, 2.24) is 9.13 Å². The van der Waals surface area contributed by atoms with E-state index in [2.05, 4.69) is 0 Å². The second-order valence-corrected chi connectivity index (χ2v) is 5.44. The van der Waals surface area contributed by atoms with Crippen molar-refractivity contribution < 1.29 is 9.13 Å². The molecule has 1 aromatic heterocycles. The maximum absolute atomic E-state index is 13.8. The number of aromatic nitrogens is 2. The summed E-state index contributed by atoms with van der Waals surface area (Å²) < 4.78 is 21.5. The molecule has 6 heteroatoms. The van der Waals surface area contributed by atoms with Gasteiger partial charge in [0.15, 0.2) is 0 Å². The van der Waals surface area contributed by atoms with Gasteiger partial charge in [-0.05, 0) is 30.9 Å². The maximum Gasteiger partial charge on any atom is 0.321 e. The van der Waals surface area contributed by atoms with Crippen LogP contribution in [0.2, 0.25) is 0 Å². The van der Waals surface area contributed by atoms with Crippen molar-refractivity contribution in [3.8, 4) is 5.69 Å². The summed E-state index contributed by atoms with van der Waals surface area (Å²) in [4.78, 5) is 24.4. The van der Waals surface area contributed by atoms with Crippen LogP contribution in [0, 0.1) is 11.7 Å². The van der Waals surface area contributed by atoms with E-state index >= 15 is 0 Å². The molecule has 22 heavy (non-hydrogen) atoms. The molecule has 3 rings (SSSR count). The molecule has 1 fully saturated rings. The topological polar surface area (TPSA) is 53.2 Å². The predicted molar refractivity (Wildman–Crippen MR) is 79.8 cm³/mol. The Labute approximate surface area is 126 Å². The predicted octanol–water partition coefficient (Wildman–Crippen LogP) is 1.56. The summed E-state index contributed by atoms with van der Waals surface area (Å²) >= 11 is 0. The summed E-state index contributed by atoms with van der Waals surface area (Å²) in [5.41, 5.74) is -1.28. The lowest BCUT2D eigenvalue weighted by atomic mass is 10.0. The molecule has 0 spiro atoms. The van der Waals surface area contributed by atoms with E-state index in [9.17, 15) is 14.0 Å². The smallest absolute Gasteiger partial charge is 0.321 e. The Morgan fingerprint density at radius 2 is 1.82 bits per heavy atom. The molecule has 5 nitrogen and oxygen atoms in total. The zero-order chi connectivity index (χ0) is 15.5. The minimum absolute atomic E-state index is 0.0859. The van der Waals surface area contributed by atoms with Gasteiger partial charge in [0.2, 0.25) is 0 Å². The molecule has 0 aliphatic carbocycles. The van der Waals surface area contributed by atoms with Crippen LogP contribution in [0.3, 0.4) is 0 Å². The van der Waals surface area contributed by atoms with Gasteiger partial charge in [0.25, 0.3) is 0 Å². The number of rotatable bonds is 3. The first kappa shape index (κ1) is 14.7. The van der Waals surface area contributed by atoms with Crippen molar-refractivity contribution in [2.24, 2.45) is 5.92 Å². The molecule has 1 aliphatic rings. The van der Waals surface area contributed by atoms with E-state index in [1.54, 1.807) is 12.3 Å². The van der Waals surface area contributed by atoms with Crippen molar-refractivity contribution in [1.29, 1.82) is 0 Å². The third-order valence-electron chi connectivity index (χ3n) is 3.97. The molecule has 1 saturated heterocycles. The molecule has 2 aromatic rings. The van der Waals surface area contributed by atoms with Crippen LogP contribution < -0.4 is 11.1 Å². The molecule has 0 radical (unpaired) electrons. The summed E-state index contributed by atoms with van der Waals surface area (Å²) in [6, 6.07) is 5.89. The molecule has 0 unspecified atom stereocenters. The number of halogens is 1. The average Bonchev–Trinajstić information content (AvgIpc) is 2.54. The third-order valence-corrected chi connectivity index (χ3v) is 3.97. The Balaban J connectivity index is 1.94. The van der Waals surface area contributed by atoms with Crippen molar-refractivity contribution in [3.05, 3.63) is 63.2 Å². The first-order valence-corrected chi connectivity index (χ1v) is 7.31. The highest BCUT2D eigenvalue weighted by Crippen LogP contribution is 2.16. The highest BCUT2D eigenvalue weighted by Gasteiger charge is 2.16. The molecule has 0 N–H and O–H groups in total. The largest absolute Gasteiger partial charge is 0.381 e. The van der Waals surface area contributed by atoms with Gasteiger partial charge >= 0.3 is 11.1 Å². The van der Waals surface area contributed by atoms with Crippen LogP contribution in [0.25, 0.3) is 5.69 Å². The molecule has 1 aliphatic heterocycles. The highest BCUT2D eigenvalue weighted by atomic mass is 19.1. The average molecular weight is 304 g/mol. The number of ether oxygens (including phenoxy) is 1. The zero-order valence-electron chi connectivity index (χ0n) is 12.1. The third kappa shape index (κ3) is 2.87. The van der Waals surface area contributed by atoms with E-state index in [-0.39, 0.29) is 5.69 Å². The van der Waals surface area contributed by atoms with Crippen LogP contribution in [0.4, 0.5) is 4.39 Å². The summed E-state index contributed by atoms with van der Waals surface area (Å²) in [6.07, 6.45) is 4.75. The van der Waals surface area contributed by atoms with Crippen LogP contribution >= 0.6 is 0 Å². The Morgan fingerprint density at radius 3 is 2.55 bits per heavy atom. The van der Waals surface area contributed by atoms with E-state index in [1.807, 2.05) is 0 Å². The van der Waals surface area contributed by atoms with Crippen molar-refractivity contribution in [2.45, 2.75) is 19.4 Å². The van der Waals surface area contributed by atoms with E-state index in [1.165, 1.54) is 29.0 Å². The van der Waals surface area contributed by atoms with E-state index in [4.69, 9.17) is 4.74 Å². The number of hydrogen-bond donors (Lipinski definition) is 0. The Hall–Kier alpha value is -2.21. The van der Waals surface area contributed by atoms with Gasteiger partial charge < -0.3 is 9.30 Å². The number of nitrogens with zero attached hydrogens (tertiary/aromatic N) is 2. The summed E-state index contributed by atoms with van der Waals surface area (Å²) in [5, 5.41) is 0. The van der Waals surface area contributed by atoms with Gasteiger partial charge in [0.05, 0.1) is 5.69 Å². The minimum atomic E-state index is -0.736. The monoisotopic (exact) mass is 304 g/mol. The van der Waals surface area contributed by atoms with Crippen LogP contribution in [0.15, 0.2) is 46.2 Å². The van der Waals surface area contributed by atoms with Gasteiger partial charge in [-0.1, -0.05) is 12.1 Å². The fourth-order valence-corrected chi connectivity index (χ4v) is 2.70. The molecular weight excluding hydrogens is 287 g/mol. The second kappa shape index (κ2) is 6.27. The SMILES string of the molecule is O=c1c(=O)n(-c2ccccc2F)ccn1CC1CCOCC1. The molecule has 1 aromatic carbocycles. The normalized spacial score (nSPS) is 15.9. The van der Waals surface area contributed by atoms with Crippen molar-refractivity contribution in [3.63, 3.8) is 0 Å². The molecule has 2 heterocycles. The molecular formula is C16H17FN2O3. The van der Waals surface area contributed by atoms with Gasteiger partial charge in [-0.2, -0.15) is 0 Å². The molecule has 0 saturated carbocycles. The van der Waals surface area contributed by atoms with Crippen LogP contribution in [0.1, 0.15) is 12.8 Å². The quantitative estimate of drug-likeness (QED) is 0.809. The summed E-state index contributed by atoms with van der Waals surface area (Å²) in [5.74, 6) is -0.207. The first-order valence-electron chi connectivity index (χ1n) is 7.31. The van der Waals surface area contributed by atoms with E-state index < -0.39 is 16.9 Å². The zero-order valence-corrected chi connectivity index (χ0v) is 12.1. The highest BCUT2D eigenvalue weighted by molar-refractivity contribution is 5.33. The fourth-order valence-electron chi connectivity index (χ4n) is 2.70. The standard InChI is InChI=1S/C16H17FN2O3/c17-13-3-1-2-4-14(13)19-8-7-18(15(20)16(19)21)11-12-5-9-22-10-6-12/h1-4,7-8,12H,5-6,9-11H2. The number of para-hydroxylation sites is 1. The van der Waals surface area contributed by atoms with Crippen molar-refractivity contribution in [2.75, 3.05) is 13.2 Å². The fraction of sp³-hybridized carbons (Fsp3) is 0.375. The van der Waals surface area contributed by atoms with Crippen LogP contribution in [0.5, 0.6) is 0 Å². The second-order valence-electron chi connectivity index (χ2n) is 5.44. The number of benzene rings is 1. The molecule has 0 amide bonds. The van der Waals surface area contributed by atoms with Gasteiger partial charge in [-0.15, -0.1) is 0 Å². The maximum atomic E-state index is 13.8. The minimum Gasteiger partial charge on any atom is -0.381 e. The Kier molecular flexibility index (Phi) is 4.20.